The van der Waals surface area contributed by atoms with Gasteiger partial charge in [0.1, 0.15) is 17.3 Å². The third-order valence-electron chi connectivity index (χ3n) is 4.44. The highest BCUT2D eigenvalue weighted by atomic mass is 19.4. The topological polar surface area (TPSA) is 172 Å². The van der Waals surface area contributed by atoms with Gasteiger partial charge in [-0.3, -0.25) is 4.79 Å². The van der Waals surface area contributed by atoms with Gasteiger partial charge in [0, 0.05) is 24.3 Å². The fraction of sp³-hybridized carbons (Fsp3) is 0.412. The summed E-state index contributed by atoms with van der Waals surface area (Å²) in [5, 5.41) is 26.5. The van der Waals surface area contributed by atoms with Crippen LogP contribution in [0.3, 0.4) is 0 Å². The molecule has 0 amide bonds. The molecule has 0 aliphatic heterocycles. The number of fused-ring (bicyclic) bond motifs is 3. The zero-order chi connectivity index (χ0) is 22.8. The normalized spacial score (nSPS) is 12.8. The number of carbonyl (C=O) groups is 2. The van der Waals surface area contributed by atoms with Gasteiger partial charge < -0.3 is 30.6 Å². The van der Waals surface area contributed by atoms with Crippen LogP contribution in [0, 0.1) is 6.92 Å². The van der Waals surface area contributed by atoms with Crippen LogP contribution in [0.2, 0.25) is 0 Å². The van der Waals surface area contributed by atoms with Gasteiger partial charge in [-0.25, -0.2) is 14.6 Å². The monoisotopic (exact) mass is 432 g/mol. The van der Waals surface area contributed by atoms with E-state index in [9.17, 15) is 27.9 Å². The van der Waals surface area contributed by atoms with Crippen molar-refractivity contribution in [3.8, 4) is 17.1 Å². The van der Waals surface area contributed by atoms with Crippen molar-refractivity contribution in [3.63, 3.8) is 0 Å². The van der Waals surface area contributed by atoms with Gasteiger partial charge >= 0.3 is 18.1 Å². The molecule has 30 heavy (non-hydrogen) atoms. The van der Waals surface area contributed by atoms with E-state index >= 15 is 0 Å². The van der Waals surface area contributed by atoms with Crippen molar-refractivity contribution in [2.75, 3.05) is 6.54 Å². The van der Waals surface area contributed by atoms with Gasteiger partial charge in [-0.1, -0.05) is 0 Å². The number of rotatable bonds is 3. The van der Waals surface area contributed by atoms with Crippen LogP contribution in [-0.2, 0) is 24.2 Å². The number of aromatic hydroxyl groups is 1. The molecule has 2 aromatic heterocycles. The summed E-state index contributed by atoms with van der Waals surface area (Å²) in [7, 11) is 0. The zero-order valence-corrected chi connectivity index (χ0v) is 15.7. The van der Waals surface area contributed by atoms with E-state index in [4.69, 9.17) is 20.7 Å². The molecule has 0 bridgehead atoms. The van der Waals surface area contributed by atoms with Crippen LogP contribution < -0.4 is 11.3 Å². The largest absolute Gasteiger partial charge is 0.506 e. The molecule has 0 saturated carbocycles. The number of pyridine rings is 1. The van der Waals surface area contributed by atoms with Crippen LogP contribution in [0.15, 0.2) is 4.79 Å². The highest BCUT2D eigenvalue weighted by Gasteiger charge is 2.38. The van der Waals surface area contributed by atoms with Gasteiger partial charge in [0.15, 0.2) is 5.56 Å². The maximum Gasteiger partial charge on any atom is 0.490 e. The number of aryl methyl sites for hydroxylation is 1. The van der Waals surface area contributed by atoms with Gasteiger partial charge in [-0.05, 0) is 26.2 Å². The highest BCUT2D eigenvalue weighted by Crippen LogP contribution is 2.35. The minimum absolute atomic E-state index is 0.406. The number of H-pyrrole nitrogens is 1. The van der Waals surface area contributed by atoms with Crippen molar-refractivity contribution in [3.05, 3.63) is 33.0 Å². The van der Waals surface area contributed by atoms with Gasteiger partial charge in [-0.15, -0.1) is 0 Å². The van der Waals surface area contributed by atoms with Crippen molar-refractivity contribution in [2.24, 2.45) is 5.73 Å². The van der Waals surface area contributed by atoms with Crippen LogP contribution in [0.25, 0.3) is 11.4 Å². The minimum Gasteiger partial charge on any atom is -0.506 e. The average Bonchev–Trinajstić information content (AvgIpc) is 2.81. The second kappa shape index (κ2) is 8.57. The molecule has 1 aliphatic rings. The van der Waals surface area contributed by atoms with Gasteiger partial charge in [0.25, 0.3) is 5.56 Å². The van der Waals surface area contributed by atoms with E-state index in [0.29, 0.717) is 49.3 Å². The smallest absolute Gasteiger partial charge is 0.490 e. The Morgan fingerprint density at radius 2 is 1.87 bits per heavy atom. The molecule has 0 atom stereocenters. The molecule has 2 heterocycles. The Labute approximate surface area is 166 Å². The van der Waals surface area contributed by atoms with Crippen LogP contribution in [-0.4, -0.2) is 54.5 Å². The Morgan fingerprint density at radius 3 is 2.37 bits per heavy atom. The summed E-state index contributed by atoms with van der Waals surface area (Å²) in [4.78, 5) is 39.2. The molecule has 1 aliphatic carbocycles. The SMILES string of the molecule is Cc1nc2c(n1CCN)CCCc1c-2[nH]c(=O)c(C(=O)O)c1O.O=C(O)C(F)(F)F. The highest BCUT2D eigenvalue weighted by molar-refractivity contribution is 5.92. The molecule has 0 unspecified atom stereocenters. The molecule has 0 aromatic carbocycles. The lowest BCUT2D eigenvalue weighted by molar-refractivity contribution is -0.192. The lowest BCUT2D eigenvalue weighted by Gasteiger charge is -2.09. The number of hydrogen-bond donors (Lipinski definition) is 5. The molecule has 13 heteroatoms. The first-order chi connectivity index (χ1) is 13.9. The van der Waals surface area contributed by atoms with Crippen molar-refractivity contribution in [2.45, 2.75) is 38.9 Å². The predicted molar refractivity (Wildman–Crippen MR) is 96.4 cm³/mol. The zero-order valence-electron chi connectivity index (χ0n) is 15.7. The second-order valence-electron chi connectivity index (χ2n) is 6.39. The summed E-state index contributed by atoms with van der Waals surface area (Å²) in [6, 6.07) is 0. The fourth-order valence-electron chi connectivity index (χ4n) is 3.19. The molecule has 0 saturated heterocycles. The number of halogens is 3. The molecule has 0 spiro atoms. The van der Waals surface area contributed by atoms with E-state index in [1.54, 1.807) is 0 Å². The number of hydrogen-bond acceptors (Lipinski definition) is 6. The standard InChI is InChI=1S/C15H18N4O4.C2HF3O2/c1-7-17-12-9(19(7)6-5-16)4-2-3-8-11(12)18-14(21)10(13(8)20)15(22)23;3-2(4,5)1(6)7/h2-6,16H2,1H3,(H,22,23)(H2,18,20,21);(H,6,7). The van der Waals surface area contributed by atoms with Crippen molar-refractivity contribution < 1.29 is 38.1 Å². The molecular weight excluding hydrogens is 413 g/mol. The summed E-state index contributed by atoms with van der Waals surface area (Å²) >= 11 is 0. The Hall–Kier alpha value is -3.35. The molecule has 3 rings (SSSR count). The number of alkyl halides is 3. The van der Waals surface area contributed by atoms with Crippen LogP contribution >= 0.6 is 0 Å². The van der Waals surface area contributed by atoms with E-state index in [-0.39, 0.29) is 0 Å². The first-order valence-corrected chi connectivity index (χ1v) is 8.68. The number of aliphatic carboxylic acids is 1. The summed E-state index contributed by atoms with van der Waals surface area (Å²) in [6.07, 6.45) is -3.18. The number of carboxylic acids is 2. The van der Waals surface area contributed by atoms with E-state index < -0.39 is 35.0 Å². The number of nitrogens with zero attached hydrogens (tertiary/aromatic N) is 2. The van der Waals surface area contributed by atoms with Gasteiger partial charge in [0.05, 0.1) is 5.69 Å². The van der Waals surface area contributed by atoms with E-state index in [2.05, 4.69) is 9.97 Å². The average molecular weight is 432 g/mol. The predicted octanol–water partition coefficient (Wildman–Crippen LogP) is 1.03. The van der Waals surface area contributed by atoms with Crippen molar-refractivity contribution >= 4 is 11.9 Å². The molecule has 0 radical (unpaired) electrons. The van der Waals surface area contributed by atoms with Crippen molar-refractivity contribution in [1.82, 2.24) is 14.5 Å². The number of carboxylic acid groups (broad SMARTS) is 2. The third-order valence-corrected chi connectivity index (χ3v) is 4.44. The number of nitrogens with one attached hydrogen (secondary N) is 1. The Balaban J connectivity index is 0.000000396. The van der Waals surface area contributed by atoms with Crippen molar-refractivity contribution in [1.29, 1.82) is 0 Å². The number of nitrogens with two attached hydrogens (primary N) is 1. The molecule has 2 aromatic rings. The number of aromatic amines is 1. The first kappa shape index (κ1) is 22.9. The van der Waals surface area contributed by atoms with Gasteiger partial charge in [-0.2, -0.15) is 13.2 Å². The summed E-state index contributed by atoms with van der Waals surface area (Å²) < 4.78 is 33.7. The van der Waals surface area contributed by atoms with E-state index in [1.165, 1.54) is 0 Å². The number of aromatic nitrogens is 3. The van der Waals surface area contributed by atoms with E-state index in [1.807, 2.05) is 11.5 Å². The summed E-state index contributed by atoms with van der Waals surface area (Å²) in [5.41, 5.74) is 6.57. The summed E-state index contributed by atoms with van der Waals surface area (Å²) in [5.74, 6) is -3.89. The number of imidazole rings is 1. The van der Waals surface area contributed by atoms with E-state index in [0.717, 1.165) is 11.5 Å². The van der Waals surface area contributed by atoms with Crippen LogP contribution in [0.5, 0.6) is 5.75 Å². The number of aromatic carboxylic acids is 1. The van der Waals surface area contributed by atoms with Gasteiger partial charge in [0.2, 0.25) is 0 Å². The van der Waals surface area contributed by atoms with Crippen LogP contribution in [0.1, 0.15) is 33.9 Å². The Morgan fingerprint density at radius 1 is 1.27 bits per heavy atom. The van der Waals surface area contributed by atoms with Crippen LogP contribution in [0.4, 0.5) is 13.2 Å². The fourth-order valence-corrected chi connectivity index (χ4v) is 3.19. The molecule has 164 valence electrons. The first-order valence-electron chi connectivity index (χ1n) is 8.68. The Bertz CT molecular complexity index is 1040. The lowest BCUT2D eigenvalue weighted by Crippen LogP contribution is -2.21. The Kier molecular flexibility index (Phi) is 6.55. The quantitative estimate of drug-likeness (QED) is 0.478. The maximum absolute atomic E-state index is 12.0. The second-order valence-corrected chi connectivity index (χ2v) is 6.39. The summed E-state index contributed by atoms with van der Waals surface area (Å²) in [6.45, 7) is 2.94. The maximum atomic E-state index is 12.0. The molecule has 0 fully saturated rings. The minimum atomic E-state index is -5.08. The molecule has 6 N–H and O–H groups in total. The molecular formula is C17H19F3N4O6. The third kappa shape index (κ3) is 4.45. The molecule has 10 nitrogen and oxygen atoms in total. The lowest BCUT2D eigenvalue weighted by atomic mass is 10.0.